The molecule has 0 spiro atoms. The molecule has 0 amide bonds. The van der Waals surface area contributed by atoms with Gasteiger partial charge in [-0.1, -0.05) is 148 Å². The molecule has 272 valence electrons. The minimum atomic E-state index is -3.48. The number of hydrogen-bond donors (Lipinski definition) is 0. The quantitative estimate of drug-likeness (QED) is 0.176. The zero-order valence-corrected chi connectivity index (χ0v) is 32.3. The second-order valence-electron chi connectivity index (χ2n) is 17.7. The minimum Gasteiger partial charge on any atom is -0.456 e. The fraction of sp³-hybridized carbons (Fsp3) is 0.308. The van der Waals surface area contributed by atoms with E-state index in [0.29, 0.717) is 44.8 Å². The third kappa shape index (κ3) is 4.84. The molecule has 1 heterocycles. The summed E-state index contributed by atoms with van der Waals surface area (Å²) >= 11 is 0. The van der Waals surface area contributed by atoms with Crippen LogP contribution in [0.1, 0.15) is 129 Å². The third-order valence-corrected chi connectivity index (χ3v) is 12.0. The second kappa shape index (κ2) is 11.7. The summed E-state index contributed by atoms with van der Waals surface area (Å²) < 4.78 is 98.9. The van der Waals surface area contributed by atoms with E-state index in [1.54, 1.807) is 18.2 Å². The van der Waals surface area contributed by atoms with Gasteiger partial charge in [-0.05, 0) is 110 Å². The Bertz CT molecular complexity index is 3020. The fourth-order valence-corrected chi connectivity index (χ4v) is 8.98. The second-order valence-corrected chi connectivity index (χ2v) is 17.7. The molecule has 0 N–H and O–H groups in total. The van der Waals surface area contributed by atoms with Gasteiger partial charge in [-0.3, -0.25) is 0 Å². The molecule has 2 nitrogen and oxygen atoms in total. The number of anilines is 3. The average Bonchev–Trinajstić information content (AvgIpc) is 3.81. The number of benzene rings is 6. The lowest BCUT2D eigenvalue weighted by molar-refractivity contribution is 0.485. The fourth-order valence-electron chi connectivity index (χ4n) is 8.98. The summed E-state index contributed by atoms with van der Waals surface area (Å²) in [6, 6.07) is 37.5. The first-order chi connectivity index (χ1) is 29.6. The van der Waals surface area contributed by atoms with Crippen molar-refractivity contribution < 1.29 is 18.1 Å². The highest BCUT2D eigenvalue weighted by Gasteiger charge is 2.44. The van der Waals surface area contributed by atoms with Crippen LogP contribution in [0, 0.1) is 0 Å². The van der Waals surface area contributed by atoms with Crippen LogP contribution in [0.5, 0.6) is 0 Å². The Hall–Kier alpha value is -5.08. The van der Waals surface area contributed by atoms with Crippen molar-refractivity contribution >= 4 is 39.0 Å². The van der Waals surface area contributed by atoms with Crippen LogP contribution >= 0.6 is 0 Å². The zero-order chi connectivity index (χ0) is 46.5. The normalized spacial score (nSPS) is 19.0. The van der Waals surface area contributed by atoms with Crippen molar-refractivity contribution in [1.29, 1.82) is 0 Å². The Kier molecular flexibility index (Phi) is 5.44. The molecule has 7 aromatic rings. The molecule has 2 heteroatoms. The predicted molar refractivity (Wildman–Crippen MR) is 230 cm³/mol. The van der Waals surface area contributed by atoms with Crippen LogP contribution < -0.4 is 4.90 Å². The summed E-state index contributed by atoms with van der Waals surface area (Å²) in [4.78, 5) is 2.10. The lowest BCUT2D eigenvalue weighted by Gasteiger charge is -2.34. The topological polar surface area (TPSA) is 16.4 Å². The number of fused-ring (bicyclic) bond motifs is 9. The Labute approximate surface area is 335 Å². The molecule has 0 bridgehead atoms. The van der Waals surface area contributed by atoms with E-state index in [0.717, 1.165) is 33.2 Å². The highest BCUT2D eigenvalue weighted by Crippen LogP contribution is 2.60. The number of rotatable bonds is 5. The molecule has 0 unspecified atom stereocenters. The molecule has 0 saturated carbocycles. The summed E-state index contributed by atoms with van der Waals surface area (Å²) in [6.45, 7) is 9.29. The Morgan fingerprint density at radius 2 is 1.26 bits per heavy atom. The maximum absolute atomic E-state index is 9.84. The summed E-state index contributed by atoms with van der Waals surface area (Å²) in [5.74, 6) is 0. The molecule has 54 heavy (non-hydrogen) atoms. The maximum atomic E-state index is 9.84. The van der Waals surface area contributed by atoms with Crippen LogP contribution in [0.15, 0.2) is 120 Å². The molecule has 2 aliphatic rings. The van der Waals surface area contributed by atoms with E-state index in [9.17, 15) is 5.48 Å². The first kappa shape index (κ1) is 25.1. The molecular formula is C52H53NO. The number of furan rings is 1. The molecule has 0 aliphatic heterocycles. The predicted octanol–water partition coefficient (Wildman–Crippen LogP) is 15.0. The highest BCUT2D eigenvalue weighted by molar-refractivity contribution is 6.14. The van der Waals surface area contributed by atoms with Crippen molar-refractivity contribution in [1.82, 2.24) is 0 Å². The molecule has 0 fully saturated rings. The van der Waals surface area contributed by atoms with Crippen LogP contribution in [0.3, 0.4) is 0 Å². The Morgan fingerprint density at radius 1 is 0.593 bits per heavy atom. The zero-order valence-electron chi connectivity index (χ0n) is 42.3. The van der Waals surface area contributed by atoms with Gasteiger partial charge in [0.15, 0.2) is 0 Å². The van der Waals surface area contributed by atoms with Crippen LogP contribution in [0.25, 0.3) is 44.2 Å². The van der Waals surface area contributed by atoms with Crippen molar-refractivity contribution in [2.75, 3.05) is 4.90 Å². The minimum absolute atomic E-state index is 0.0121. The van der Waals surface area contributed by atoms with Crippen molar-refractivity contribution in [2.45, 2.75) is 103 Å². The summed E-state index contributed by atoms with van der Waals surface area (Å²) in [6.07, 6.45) is -6.92. The van der Waals surface area contributed by atoms with Crippen molar-refractivity contribution in [3.8, 4) is 22.3 Å². The van der Waals surface area contributed by atoms with Gasteiger partial charge >= 0.3 is 0 Å². The lowest BCUT2D eigenvalue weighted by atomic mass is 9.71. The van der Waals surface area contributed by atoms with Gasteiger partial charge in [-0.2, -0.15) is 0 Å². The van der Waals surface area contributed by atoms with E-state index in [-0.39, 0.29) is 11.1 Å². The first-order valence-corrected chi connectivity index (χ1v) is 18.9. The molecule has 0 radical (unpaired) electrons. The molecule has 0 atom stereocenters. The molecule has 6 aromatic carbocycles. The van der Waals surface area contributed by atoms with Crippen LogP contribution in [-0.4, -0.2) is 0 Å². The standard InChI is InChI=1S/C52H53NO/c1-11-52(12-2)41-28-32(49(3,4)5)24-26-37(41)47-42(52)29-33(50(6,7)8)30-44(47)53(43-21-17-23-46-48(43)38-19-14-16-22-45(38)54-46)34-25-27-36-35-18-13-15-20-39(35)51(9,10)40(36)31-34/h13-31H,11-12H2,1-10H3/i1D3,2D3,11D2,12D2. The molecule has 0 saturated heterocycles. The Balaban J connectivity index is 1.51. The third-order valence-electron chi connectivity index (χ3n) is 12.0. The van der Waals surface area contributed by atoms with E-state index >= 15 is 0 Å². The van der Waals surface area contributed by atoms with Gasteiger partial charge in [-0.15, -0.1) is 0 Å². The van der Waals surface area contributed by atoms with E-state index in [1.165, 1.54) is 5.56 Å². The number of para-hydroxylation sites is 1. The van der Waals surface area contributed by atoms with Gasteiger partial charge in [-0.25, -0.2) is 0 Å². The van der Waals surface area contributed by atoms with Gasteiger partial charge in [0.05, 0.1) is 16.8 Å². The van der Waals surface area contributed by atoms with Crippen LogP contribution in [0.2, 0.25) is 0 Å². The van der Waals surface area contributed by atoms with Gasteiger partial charge in [0.2, 0.25) is 0 Å². The van der Waals surface area contributed by atoms with E-state index < -0.39 is 48.1 Å². The SMILES string of the molecule is [2H]C([2H])([2H])C([2H])([2H])C1(C([2H])([2H])C([2H])([2H])[2H])c2cc(C(C)(C)C)ccc2-c2c(N(c3ccc4c(c3)C(C)(C)c3ccccc3-4)c3cccc4oc5ccccc5c34)cc(C(C)(C)C)cc21. The van der Waals surface area contributed by atoms with E-state index in [2.05, 4.69) is 55.1 Å². The van der Waals surface area contributed by atoms with Crippen LogP contribution in [0.4, 0.5) is 17.1 Å². The molecular weight excluding hydrogens is 655 g/mol. The van der Waals surface area contributed by atoms with Crippen molar-refractivity contribution in [3.63, 3.8) is 0 Å². The van der Waals surface area contributed by atoms with E-state index in [4.69, 9.17) is 12.6 Å². The van der Waals surface area contributed by atoms with Gasteiger partial charge in [0, 0.05) is 41.2 Å². The molecule has 2 aliphatic carbocycles. The van der Waals surface area contributed by atoms with Gasteiger partial charge in [0.1, 0.15) is 11.2 Å². The molecule has 9 rings (SSSR count). The van der Waals surface area contributed by atoms with Crippen molar-refractivity contribution in [2.24, 2.45) is 0 Å². The number of hydrogen-bond acceptors (Lipinski definition) is 2. The van der Waals surface area contributed by atoms with Crippen molar-refractivity contribution in [3.05, 3.63) is 149 Å². The lowest BCUT2D eigenvalue weighted by Crippen LogP contribution is -2.25. The Morgan fingerprint density at radius 3 is 2.02 bits per heavy atom. The summed E-state index contributed by atoms with van der Waals surface area (Å²) in [5, 5.41) is 1.66. The largest absolute Gasteiger partial charge is 0.456 e. The van der Waals surface area contributed by atoms with Gasteiger partial charge < -0.3 is 9.32 Å². The summed E-state index contributed by atoms with van der Waals surface area (Å²) in [7, 11) is 0. The molecule has 1 aromatic heterocycles. The monoisotopic (exact) mass is 717 g/mol. The first-order valence-electron chi connectivity index (χ1n) is 23.9. The van der Waals surface area contributed by atoms with E-state index in [1.807, 2.05) is 102 Å². The smallest absolute Gasteiger partial charge is 0.137 e. The van der Waals surface area contributed by atoms with Crippen LogP contribution in [-0.2, 0) is 21.7 Å². The number of nitrogens with zero attached hydrogens (tertiary/aromatic N) is 1. The summed E-state index contributed by atoms with van der Waals surface area (Å²) in [5.41, 5.74) is 5.30. The average molecular weight is 718 g/mol. The van der Waals surface area contributed by atoms with Gasteiger partial charge in [0.25, 0.3) is 0 Å². The highest BCUT2D eigenvalue weighted by atomic mass is 16.3. The maximum Gasteiger partial charge on any atom is 0.137 e.